The van der Waals surface area contributed by atoms with Gasteiger partial charge in [0.25, 0.3) is 0 Å². The maximum Gasteiger partial charge on any atom is 0.203 e. The van der Waals surface area contributed by atoms with Gasteiger partial charge in [0, 0.05) is 30.7 Å². The number of imidazole rings is 1. The highest BCUT2D eigenvalue weighted by Gasteiger charge is 2.05. The van der Waals surface area contributed by atoms with Gasteiger partial charge in [-0.3, -0.25) is 0 Å². The first-order valence-corrected chi connectivity index (χ1v) is 6.78. The third-order valence-electron chi connectivity index (χ3n) is 2.13. The highest BCUT2D eigenvalue weighted by Crippen LogP contribution is 2.10. The Morgan fingerprint density at radius 3 is 3.00 bits per heavy atom. The molecule has 0 saturated carbocycles. The Labute approximate surface area is 96.7 Å². The van der Waals surface area contributed by atoms with Crippen LogP contribution in [0.5, 0.6) is 0 Å². The summed E-state index contributed by atoms with van der Waals surface area (Å²) in [5.74, 6) is 3.31. The van der Waals surface area contributed by atoms with Crippen molar-refractivity contribution in [3.63, 3.8) is 0 Å². The van der Waals surface area contributed by atoms with Crippen LogP contribution in [0.3, 0.4) is 0 Å². The lowest BCUT2D eigenvalue weighted by Crippen LogP contribution is -2.20. The third kappa shape index (κ3) is 4.16. The summed E-state index contributed by atoms with van der Waals surface area (Å²) in [5, 5.41) is 3.44. The number of anilines is 1. The van der Waals surface area contributed by atoms with E-state index >= 15 is 0 Å². The SMILES string of the molecule is CCCn1ccnc1NC(C)CSCC. The summed E-state index contributed by atoms with van der Waals surface area (Å²) in [5.41, 5.74) is 0. The first-order chi connectivity index (χ1) is 7.27. The first-order valence-electron chi connectivity index (χ1n) is 5.63. The summed E-state index contributed by atoms with van der Waals surface area (Å²) in [6.07, 6.45) is 5.03. The fraction of sp³-hybridized carbons (Fsp3) is 0.727. The van der Waals surface area contributed by atoms with E-state index in [0.29, 0.717) is 6.04 Å². The maximum atomic E-state index is 4.33. The molecule has 1 aromatic heterocycles. The molecule has 1 rings (SSSR count). The highest BCUT2D eigenvalue weighted by atomic mass is 32.2. The van der Waals surface area contributed by atoms with Crippen LogP contribution in [0.2, 0.25) is 0 Å². The number of thioether (sulfide) groups is 1. The van der Waals surface area contributed by atoms with E-state index < -0.39 is 0 Å². The summed E-state index contributed by atoms with van der Waals surface area (Å²) >= 11 is 1.96. The molecule has 0 spiro atoms. The van der Waals surface area contributed by atoms with E-state index in [1.165, 1.54) is 5.75 Å². The first kappa shape index (κ1) is 12.4. The second-order valence-electron chi connectivity index (χ2n) is 3.65. The molecule has 1 aromatic rings. The van der Waals surface area contributed by atoms with Crippen molar-refractivity contribution in [2.24, 2.45) is 0 Å². The van der Waals surface area contributed by atoms with Gasteiger partial charge in [-0.15, -0.1) is 0 Å². The van der Waals surface area contributed by atoms with Crippen LogP contribution in [0.4, 0.5) is 5.95 Å². The van der Waals surface area contributed by atoms with Crippen molar-refractivity contribution in [2.45, 2.75) is 39.8 Å². The average molecular weight is 227 g/mol. The molecular weight excluding hydrogens is 206 g/mol. The van der Waals surface area contributed by atoms with E-state index in [2.05, 4.69) is 35.6 Å². The van der Waals surface area contributed by atoms with Crippen LogP contribution in [0, 0.1) is 0 Å². The Morgan fingerprint density at radius 2 is 2.33 bits per heavy atom. The van der Waals surface area contributed by atoms with Crippen molar-refractivity contribution in [1.29, 1.82) is 0 Å². The Kier molecular flexibility index (Phi) is 5.61. The molecule has 1 heterocycles. The van der Waals surface area contributed by atoms with Crippen LogP contribution < -0.4 is 5.32 Å². The van der Waals surface area contributed by atoms with Crippen LogP contribution >= 0.6 is 11.8 Å². The molecule has 0 saturated heterocycles. The largest absolute Gasteiger partial charge is 0.352 e. The Morgan fingerprint density at radius 1 is 1.53 bits per heavy atom. The van der Waals surface area contributed by atoms with Crippen LogP contribution in [-0.4, -0.2) is 27.1 Å². The van der Waals surface area contributed by atoms with Crippen LogP contribution in [0.15, 0.2) is 12.4 Å². The van der Waals surface area contributed by atoms with Crippen molar-refractivity contribution < 1.29 is 0 Å². The van der Waals surface area contributed by atoms with E-state index in [4.69, 9.17) is 0 Å². The molecule has 0 radical (unpaired) electrons. The molecule has 0 aliphatic rings. The van der Waals surface area contributed by atoms with Gasteiger partial charge in [-0.2, -0.15) is 11.8 Å². The topological polar surface area (TPSA) is 29.9 Å². The standard InChI is InChI=1S/C11H21N3S/c1-4-7-14-8-6-12-11(14)13-10(3)9-15-5-2/h6,8,10H,4-5,7,9H2,1-3H3,(H,12,13). The molecule has 3 nitrogen and oxygen atoms in total. The van der Waals surface area contributed by atoms with E-state index in [1.54, 1.807) is 0 Å². The van der Waals surface area contributed by atoms with Crippen LogP contribution in [0.25, 0.3) is 0 Å². The molecule has 0 aromatic carbocycles. The molecule has 0 aliphatic carbocycles. The Hall–Kier alpha value is -0.640. The summed E-state index contributed by atoms with van der Waals surface area (Å²) < 4.78 is 2.17. The zero-order chi connectivity index (χ0) is 11.1. The highest BCUT2D eigenvalue weighted by molar-refractivity contribution is 7.99. The van der Waals surface area contributed by atoms with E-state index in [-0.39, 0.29) is 0 Å². The number of aromatic nitrogens is 2. The summed E-state index contributed by atoms with van der Waals surface area (Å²) in [6, 6.07) is 0.480. The van der Waals surface area contributed by atoms with Crippen molar-refractivity contribution in [3.8, 4) is 0 Å². The predicted molar refractivity (Wildman–Crippen MR) is 68.6 cm³/mol. The number of hydrogen-bond acceptors (Lipinski definition) is 3. The minimum atomic E-state index is 0.480. The third-order valence-corrected chi connectivity index (χ3v) is 3.27. The monoisotopic (exact) mass is 227 g/mol. The smallest absolute Gasteiger partial charge is 0.203 e. The van der Waals surface area contributed by atoms with E-state index in [0.717, 1.165) is 24.7 Å². The summed E-state index contributed by atoms with van der Waals surface area (Å²) in [7, 11) is 0. The normalized spacial score (nSPS) is 12.7. The molecule has 1 N–H and O–H groups in total. The minimum absolute atomic E-state index is 0.480. The lowest BCUT2D eigenvalue weighted by atomic mass is 10.4. The number of hydrogen-bond donors (Lipinski definition) is 1. The molecular formula is C11H21N3S. The van der Waals surface area contributed by atoms with Crippen molar-refractivity contribution in [3.05, 3.63) is 12.4 Å². The molecule has 1 unspecified atom stereocenters. The van der Waals surface area contributed by atoms with Gasteiger partial charge >= 0.3 is 0 Å². The van der Waals surface area contributed by atoms with Crippen LogP contribution in [0.1, 0.15) is 27.2 Å². The van der Waals surface area contributed by atoms with Crippen molar-refractivity contribution >= 4 is 17.7 Å². The van der Waals surface area contributed by atoms with Gasteiger partial charge in [0.2, 0.25) is 5.95 Å². The van der Waals surface area contributed by atoms with Gasteiger partial charge in [0.15, 0.2) is 0 Å². The molecule has 1 atom stereocenters. The van der Waals surface area contributed by atoms with Gasteiger partial charge in [-0.1, -0.05) is 13.8 Å². The van der Waals surface area contributed by atoms with Gasteiger partial charge in [0.05, 0.1) is 0 Å². The molecule has 15 heavy (non-hydrogen) atoms. The fourth-order valence-electron chi connectivity index (χ4n) is 1.43. The van der Waals surface area contributed by atoms with Gasteiger partial charge in [-0.25, -0.2) is 4.98 Å². The zero-order valence-electron chi connectivity index (χ0n) is 9.86. The molecule has 0 amide bonds. The number of aryl methyl sites for hydroxylation is 1. The summed E-state index contributed by atoms with van der Waals surface area (Å²) in [4.78, 5) is 4.33. The molecule has 86 valence electrons. The molecule has 0 bridgehead atoms. The summed E-state index contributed by atoms with van der Waals surface area (Å²) in [6.45, 7) is 7.61. The second-order valence-corrected chi connectivity index (χ2v) is 4.97. The average Bonchev–Trinajstić information content (AvgIpc) is 2.63. The quantitative estimate of drug-likeness (QED) is 0.777. The molecule has 0 aliphatic heterocycles. The Balaban J connectivity index is 2.44. The maximum absolute atomic E-state index is 4.33. The zero-order valence-corrected chi connectivity index (χ0v) is 10.7. The number of rotatable bonds is 7. The minimum Gasteiger partial charge on any atom is -0.352 e. The molecule has 4 heteroatoms. The molecule has 0 fully saturated rings. The second kappa shape index (κ2) is 6.77. The van der Waals surface area contributed by atoms with Crippen molar-refractivity contribution in [2.75, 3.05) is 16.8 Å². The van der Waals surface area contributed by atoms with E-state index in [9.17, 15) is 0 Å². The number of nitrogens with zero attached hydrogens (tertiary/aromatic N) is 2. The predicted octanol–water partition coefficient (Wildman–Crippen LogP) is 2.85. The van der Waals surface area contributed by atoms with Gasteiger partial charge in [-0.05, 0) is 19.1 Å². The fourth-order valence-corrected chi connectivity index (χ4v) is 2.10. The van der Waals surface area contributed by atoms with Crippen LogP contribution in [-0.2, 0) is 6.54 Å². The van der Waals surface area contributed by atoms with Gasteiger partial charge < -0.3 is 9.88 Å². The van der Waals surface area contributed by atoms with Gasteiger partial charge in [0.1, 0.15) is 0 Å². The number of nitrogens with one attached hydrogen (secondary N) is 1. The Bertz CT molecular complexity index is 273. The lowest BCUT2D eigenvalue weighted by molar-refractivity contribution is 0.676. The lowest BCUT2D eigenvalue weighted by Gasteiger charge is -2.15. The van der Waals surface area contributed by atoms with E-state index in [1.807, 2.05) is 24.2 Å². The van der Waals surface area contributed by atoms with Crippen molar-refractivity contribution in [1.82, 2.24) is 9.55 Å².